The van der Waals surface area contributed by atoms with Crippen LogP contribution in [0.5, 0.6) is 0 Å². The molecule has 0 amide bonds. The summed E-state index contributed by atoms with van der Waals surface area (Å²) in [7, 11) is -2.70. The molecule has 0 saturated carbocycles. The monoisotopic (exact) mass is 148 g/mol. The maximum absolute atomic E-state index is 11.1. The Morgan fingerprint density at radius 1 is 1.11 bits per heavy atom. The van der Waals surface area contributed by atoms with Crippen LogP contribution < -0.4 is 0 Å². The van der Waals surface area contributed by atoms with Crippen LogP contribution in [0, 0.1) is 0 Å². The summed E-state index contributed by atoms with van der Waals surface area (Å²) < 4.78 is 22.2. The van der Waals surface area contributed by atoms with E-state index in [4.69, 9.17) is 0 Å². The van der Waals surface area contributed by atoms with Crippen LogP contribution in [0.4, 0.5) is 0 Å². The molecule has 1 heterocycles. The Balaban J connectivity index is 2.93. The van der Waals surface area contributed by atoms with Crippen LogP contribution in [0.2, 0.25) is 0 Å². The van der Waals surface area contributed by atoms with Gasteiger partial charge in [-0.3, -0.25) is 0 Å². The van der Waals surface area contributed by atoms with Crippen molar-refractivity contribution >= 4 is 9.84 Å². The number of sulfone groups is 1. The quantitative estimate of drug-likeness (QED) is 0.513. The second-order valence-electron chi connectivity index (χ2n) is 2.79. The van der Waals surface area contributed by atoms with Crippen molar-refractivity contribution < 1.29 is 8.42 Å². The van der Waals surface area contributed by atoms with Crippen molar-refractivity contribution in [2.24, 2.45) is 0 Å². The van der Waals surface area contributed by atoms with Crippen LogP contribution in [-0.4, -0.2) is 18.9 Å². The normalized spacial score (nSPS) is 41.1. The highest BCUT2D eigenvalue weighted by molar-refractivity contribution is 7.92. The largest absolute Gasteiger partial charge is 0.228 e. The van der Waals surface area contributed by atoms with Gasteiger partial charge in [0.25, 0.3) is 0 Å². The van der Waals surface area contributed by atoms with E-state index in [1.165, 1.54) is 0 Å². The molecule has 1 rings (SSSR count). The molecule has 0 N–H and O–H groups in total. The van der Waals surface area contributed by atoms with Crippen molar-refractivity contribution in [3.05, 3.63) is 0 Å². The van der Waals surface area contributed by atoms with Crippen molar-refractivity contribution in [2.45, 2.75) is 37.2 Å². The molecule has 2 nitrogen and oxygen atoms in total. The van der Waals surface area contributed by atoms with E-state index in [2.05, 4.69) is 0 Å². The van der Waals surface area contributed by atoms with Gasteiger partial charge in [0.2, 0.25) is 0 Å². The molecule has 2 unspecified atom stereocenters. The van der Waals surface area contributed by atoms with E-state index in [1.807, 2.05) is 0 Å². The lowest BCUT2D eigenvalue weighted by Crippen LogP contribution is -2.17. The Kier molecular flexibility index (Phi) is 1.55. The Morgan fingerprint density at radius 2 is 1.44 bits per heavy atom. The fraction of sp³-hybridized carbons (Fsp3) is 1.00. The topological polar surface area (TPSA) is 34.1 Å². The molecule has 0 bridgehead atoms. The molecule has 1 aliphatic heterocycles. The van der Waals surface area contributed by atoms with E-state index in [0.717, 1.165) is 12.8 Å². The summed E-state index contributed by atoms with van der Waals surface area (Å²) in [5.74, 6) is 0. The van der Waals surface area contributed by atoms with Gasteiger partial charge in [-0.1, -0.05) is 0 Å². The van der Waals surface area contributed by atoms with Gasteiger partial charge < -0.3 is 0 Å². The zero-order valence-corrected chi connectivity index (χ0v) is 6.61. The van der Waals surface area contributed by atoms with Crippen LogP contribution in [0.15, 0.2) is 0 Å². The lowest BCUT2D eigenvalue weighted by atomic mass is 10.2. The second kappa shape index (κ2) is 1.97. The molecular weight excluding hydrogens is 136 g/mol. The summed E-state index contributed by atoms with van der Waals surface area (Å²) >= 11 is 0. The van der Waals surface area contributed by atoms with Gasteiger partial charge in [-0.25, -0.2) is 8.42 Å². The highest BCUT2D eigenvalue weighted by atomic mass is 32.2. The SMILES string of the molecule is CC1CCC(C)S1(=O)=O. The zero-order valence-electron chi connectivity index (χ0n) is 5.79. The molecule has 54 valence electrons. The summed E-state index contributed by atoms with van der Waals surface area (Å²) in [5.41, 5.74) is 0. The Labute approximate surface area is 56.2 Å². The van der Waals surface area contributed by atoms with Crippen molar-refractivity contribution in [1.29, 1.82) is 0 Å². The second-order valence-corrected chi connectivity index (χ2v) is 5.58. The Hall–Kier alpha value is -0.0500. The number of hydrogen-bond acceptors (Lipinski definition) is 2. The lowest BCUT2D eigenvalue weighted by molar-refractivity contribution is 0.587. The van der Waals surface area contributed by atoms with Crippen LogP contribution in [0.3, 0.4) is 0 Å². The summed E-state index contributed by atoms with van der Waals surface area (Å²) in [6.45, 7) is 3.58. The highest BCUT2D eigenvalue weighted by Crippen LogP contribution is 2.25. The number of hydrogen-bond donors (Lipinski definition) is 0. The molecule has 2 atom stereocenters. The molecule has 1 saturated heterocycles. The Bertz CT molecular complexity index is 177. The molecule has 0 aromatic carbocycles. The third-order valence-corrected chi connectivity index (χ3v) is 4.82. The zero-order chi connectivity index (χ0) is 7.07. The summed E-state index contributed by atoms with van der Waals surface area (Å²) in [6, 6.07) is 0. The van der Waals surface area contributed by atoms with E-state index < -0.39 is 9.84 Å². The minimum atomic E-state index is -2.70. The van der Waals surface area contributed by atoms with Crippen molar-refractivity contribution in [3.8, 4) is 0 Å². The maximum atomic E-state index is 11.1. The van der Waals surface area contributed by atoms with E-state index in [1.54, 1.807) is 13.8 Å². The lowest BCUT2D eigenvalue weighted by Gasteiger charge is -2.02. The number of rotatable bonds is 0. The van der Waals surface area contributed by atoms with Crippen molar-refractivity contribution in [2.75, 3.05) is 0 Å². The van der Waals surface area contributed by atoms with Gasteiger partial charge in [-0.2, -0.15) is 0 Å². The van der Waals surface area contributed by atoms with Crippen LogP contribution in [0.25, 0.3) is 0 Å². The van der Waals surface area contributed by atoms with Gasteiger partial charge in [0.05, 0.1) is 10.5 Å². The van der Waals surface area contributed by atoms with Crippen LogP contribution in [0.1, 0.15) is 26.7 Å². The minimum absolute atomic E-state index is 0.0903. The third-order valence-electron chi connectivity index (χ3n) is 2.10. The molecule has 0 aromatic heterocycles. The standard InChI is InChI=1S/C6H12O2S/c1-5-3-4-6(2)9(5,7)8/h5-6H,3-4H2,1-2H3. The fourth-order valence-electron chi connectivity index (χ4n) is 1.19. The molecule has 9 heavy (non-hydrogen) atoms. The third kappa shape index (κ3) is 0.980. The molecule has 0 aliphatic carbocycles. The van der Waals surface area contributed by atoms with Crippen molar-refractivity contribution in [1.82, 2.24) is 0 Å². The molecule has 0 aromatic rings. The first-order valence-electron chi connectivity index (χ1n) is 3.28. The van der Waals surface area contributed by atoms with Gasteiger partial charge in [0.1, 0.15) is 0 Å². The first-order valence-corrected chi connectivity index (χ1v) is 4.89. The summed E-state index contributed by atoms with van der Waals surface area (Å²) in [4.78, 5) is 0. The summed E-state index contributed by atoms with van der Waals surface area (Å²) in [6.07, 6.45) is 1.70. The predicted octanol–water partition coefficient (Wildman–Crippen LogP) is 0.972. The predicted molar refractivity (Wildman–Crippen MR) is 37.1 cm³/mol. The summed E-state index contributed by atoms with van der Waals surface area (Å²) in [5, 5.41) is -0.181. The van der Waals surface area contributed by atoms with Gasteiger partial charge in [0.15, 0.2) is 9.84 Å². The molecule has 3 heteroatoms. The molecular formula is C6H12O2S. The average Bonchev–Trinajstić information content (AvgIpc) is 1.96. The molecule has 1 aliphatic rings. The van der Waals surface area contributed by atoms with E-state index in [9.17, 15) is 8.42 Å². The van der Waals surface area contributed by atoms with E-state index in [0.29, 0.717) is 0 Å². The molecule has 1 fully saturated rings. The average molecular weight is 148 g/mol. The fourth-order valence-corrected chi connectivity index (χ4v) is 2.92. The first kappa shape index (κ1) is 7.06. The van der Waals surface area contributed by atoms with E-state index in [-0.39, 0.29) is 10.5 Å². The van der Waals surface area contributed by atoms with Crippen LogP contribution >= 0.6 is 0 Å². The first-order chi connectivity index (χ1) is 4.05. The van der Waals surface area contributed by atoms with Crippen LogP contribution in [-0.2, 0) is 9.84 Å². The minimum Gasteiger partial charge on any atom is -0.228 e. The highest BCUT2D eigenvalue weighted by Gasteiger charge is 2.34. The van der Waals surface area contributed by atoms with Gasteiger partial charge in [0, 0.05) is 0 Å². The van der Waals surface area contributed by atoms with E-state index >= 15 is 0 Å². The maximum Gasteiger partial charge on any atom is 0.155 e. The smallest absolute Gasteiger partial charge is 0.155 e. The van der Waals surface area contributed by atoms with Crippen molar-refractivity contribution in [3.63, 3.8) is 0 Å². The molecule has 0 spiro atoms. The van der Waals surface area contributed by atoms with Gasteiger partial charge >= 0.3 is 0 Å². The molecule has 0 radical (unpaired) electrons. The van der Waals surface area contributed by atoms with Gasteiger partial charge in [-0.15, -0.1) is 0 Å². The van der Waals surface area contributed by atoms with Gasteiger partial charge in [-0.05, 0) is 26.7 Å². The Morgan fingerprint density at radius 3 is 1.56 bits per heavy atom.